The van der Waals surface area contributed by atoms with Crippen molar-refractivity contribution < 1.29 is 17.9 Å². The summed E-state index contributed by atoms with van der Waals surface area (Å²) in [6, 6.07) is 0. The van der Waals surface area contributed by atoms with Crippen molar-refractivity contribution in [3.63, 3.8) is 0 Å². The zero-order valence-electron chi connectivity index (χ0n) is 12.2. The number of aromatic nitrogens is 2. The predicted molar refractivity (Wildman–Crippen MR) is 72.7 cm³/mol. The molecule has 1 fully saturated rings. The number of hydrogen-bond acceptors (Lipinski definition) is 5. The van der Waals surface area contributed by atoms with E-state index in [-0.39, 0.29) is 17.7 Å². The molecule has 0 radical (unpaired) electrons. The van der Waals surface area contributed by atoms with E-state index in [1.165, 1.54) is 6.20 Å². The van der Waals surface area contributed by atoms with Crippen molar-refractivity contribution in [3.8, 4) is 0 Å². The number of hydrogen-bond donors (Lipinski definition) is 1. The van der Waals surface area contributed by atoms with Gasteiger partial charge in [0.2, 0.25) is 0 Å². The molecular weight excluding hydrogens is 282 g/mol. The zero-order chi connectivity index (χ0) is 15.0. The first kappa shape index (κ1) is 15.4. The molecule has 0 bridgehead atoms. The van der Waals surface area contributed by atoms with Crippen molar-refractivity contribution in [3.05, 3.63) is 12.0 Å². The Morgan fingerprint density at radius 3 is 2.75 bits per heavy atom. The minimum Gasteiger partial charge on any atom is -0.348 e. The van der Waals surface area contributed by atoms with E-state index in [2.05, 4.69) is 9.71 Å². The molecule has 0 saturated carbocycles. The maximum Gasteiger partial charge on any atom is 0.259 e. The van der Waals surface area contributed by atoms with E-state index >= 15 is 0 Å². The third-order valence-corrected chi connectivity index (χ3v) is 4.43. The molecule has 1 aromatic heterocycles. The Kier molecular flexibility index (Phi) is 4.19. The molecule has 1 saturated heterocycles. The first-order valence-electron chi connectivity index (χ1n) is 6.59. The molecule has 0 aliphatic carbocycles. The van der Waals surface area contributed by atoms with Crippen molar-refractivity contribution in [1.82, 2.24) is 14.3 Å². The molecule has 7 nitrogen and oxygen atoms in total. The fourth-order valence-corrected chi connectivity index (χ4v) is 3.14. The van der Waals surface area contributed by atoms with Crippen LogP contribution in [0.5, 0.6) is 0 Å². The van der Waals surface area contributed by atoms with Gasteiger partial charge in [-0.3, -0.25) is 0 Å². The Morgan fingerprint density at radius 1 is 1.55 bits per heavy atom. The first-order chi connectivity index (χ1) is 9.23. The smallest absolute Gasteiger partial charge is 0.259 e. The average molecular weight is 303 g/mol. The molecule has 114 valence electrons. The second-order valence-corrected chi connectivity index (χ2v) is 6.93. The summed E-state index contributed by atoms with van der Waals surface area (Å²) in [4.78, 5) is 4.07. The van der Waals surface area contributed by atoms with E-state index in [0.29, 0.717) is 19.0 Å². The molecule has 1 unspecified atom stereocenters. The molecule has 20 heavy (non-hydrogen) atoms. The van der Waals surface area contributed by atoms with Crippen LogP contribution in [0, 0.1) is 6.92 Å². The van der Waals surface area contributed by atoms with Crippen LogP contribution in [0.3, 0.4) is 0 Å². The summed E-state index contributed by atoms with van der Waals surface area (Å²) < 4.78 is 39.5. The summed E-state index contributed by atoms with van der Waals surface area (Å²) in [6.07, 6.45) is 1.25. The molecule has 2 heterocycles. The lowest BCUT2D eigenvalue weighted by molar-refractivity contribution is -0.137. The second-order valence-electron chi connectivity index (χ2n) is 5.21. The van der Waals surface area contributed by atoms with Crippen LogP contribution in [0.15, 0.2) is 11.2 Å². The highest BCUT2D eigenvalue weighted by atomic mass is 32.2. The van der Waals surface area contributed by atoms with Crippen molar-refractivity contribution in [2.45, 2.75) is 51.2 Å². The van der Waals surface area contributed by atoms with Crippen LogP contribution in [0.25, 0.3) is 0 Å². The number of sulfonamides is 1. The zero-order valence-corrected chi connectivity index (χ0v) is 13.0. The molecule has 1 aliphatic rings. The number of rotatable bonds is 5. The van der Waals surface area contributed by atoms with Gasteiger partial charge >= 0.3 is 0 Å². The molecule has 2 rings (SSSR count). The van der Waals surface area contributed by atoms with Gasteiger partial charge in [-0.1, -0.05) is 0 Å². The number of nitrogens with zero attached hydrogens (tertiary/aromatic N) is 2. The maximum atomic E-state index is 12.1. The van der Waals surface area contributed by atoms with Crippen LogP contribution in [0.2, 0.25) is 0 Å². The van der Waals surface area contributed by atoms with Crippen LogP contribution in [-0.4, -0.2) is 43.0 Å². The fourth-order valence-electron chi connectivity index (χ4n) is 2.07. The van der Waals surface area contributed by atoms with E-state index in [4.69, 9.17) is 9.47 Å². The minimum atomic E-state index is -3.61. The highest BCUT2D eigenvalue weighted by Gasteiger charge is 2.33. The summed E-state index contributed by atoms with van der Waals surface area (Å²) in [5.41, 5.74) is 0. The lowest BCUT2D eigenvalue weighted by atomic mass is 10.4. The third-order valence-electron chi connectivity index (χ3n) is 3.14. The van der Waals surface area contributed by atoms with Gasteiger partial charge in [0.15, 0.2) is 10.8 Å². The molecule has 0 amide bonds. The normalized spacial score (nSPS) is 22.3. The SMILES string of the molecule is CCn1cc(S(=O)(=O)NCC2COC(C)(C)O2)nc1C. The van der Waals surface area contributed by atoms with Gasteiger partial charge in [-0.25, -0.2) is 18.1 Å². The minimum absolute atomic E-state index is 0.0371. The highest BCUT2D eigenvalue weighted by Crippen LogP contribution is 2.22. The van der Waals surface area contributed by atoms with E-state index in [1.807, 2.05) is 6.92 Å². The van der Waals surface area contributed by atoms with E-state index < -0.39 is 15.8 Å². The van der Waals surface area contributed by atoms with E-state index in [1.54, 1.807) is 25.3 Å². The summed E-state index contributed by atoms with van der Waals surface area (Å²) in [5, 5.41) is 0.0371. The Morgan fingerprint density at radius 2 is 2.25 bits per heavy atom. The predicted octanol–water partition coefficient (Wildman–Crippen LogP) is 0.641. The van der Waals surface area contributed by atoms with Gasteiger partial charge in [-0.05, 0) is 27.7 Å². The van der Waals surface area contributed by atoms with Crippen molar-refractivity contribution in [2.24, 2.45) is 0 Å². The summed E-state index contributed by atoms with van der Waals surface area (Å²) >= 11 is 0. The Hall–Kier alpha value is -0.960. The monoisotopic (exact) mass is 303 g/mol. The molecule has 1 aliphatic heterocycles. The van der Waals surface area contributed by atoms with Gasteiger partial charge in [0, 0.05) is 19.3 Å². The van der Waals surface area contributed by atoms with Crippen molar-refractivity contribution in [2.75, 3.05) is 13.2 Å². The Bertz CT molecular complexity index is 580. The molecule has 1 aromatic rings. The van der Waals surface area contributed by atoms with E-state index in [0.717, 1.165) is 0 Å². The highest BCUT2D eigenvalue weighted by molar-refractivity contribution is 7.89. The maximum absolute atomic E-state index is 12.1. The quantitative estimate of drug-likeness (QED) is 0.863. The lowest BCUT2D eigenvalue weighted by Gasteiger charge is -2.17. The molecule has 1 atom stereocenters. The van der Waals surface area contributed by atoms with Crippen LogP contribution in [-0.2, 0) is 26.0 Å². The Balaban J connectivity index is 2.01. The molecule has 8 heteroatoms. The van der Waals surface area contributed by atoms with Crippen molar-refractivity contribution in [1.29, 1.82) is 0 Å². The van der Waals surface area contributed by atoms with Crippen LogP contribution < -0.4 is 4.72 Å². The van der Waals surface area contributed by atoms with Crippen LogP contribution in [0.1, 0.15) is 26.6 Å². The number of imidazole rings is 1. The average Bonchev–Trinajstić information content (AvgIpc) is 2.90. The second kappa shape index (κ2) is 5.44. The molecule has 0 spiro atoms. The largest absolute Gasteiger partial charge is 0.348 e. The van der Waals surface area contributed by atoms with Gasteiger partial charge in [-0.2, -0.15) is 0 Å². The van der Waals surface area contributed by atoms with Gasteiger partial charge < -0.3 is 14.0 Å². The number of aryl methyl sites for hydroxylation is 2. The van der Waals surface area contributed by atoms with E-state index in [9.17, 15) is 8.42 Å². The summed E-state index contributed by atoms with van der Waals surface area (Å²) in [6.45, 7) is 8.54. The fraction of sp³-hybridized carbons (Fsp3) is 0.750. The summed E-state index contributed by atoms with van der Waals surface area (Å²) in [5.74, 6) is 0.0192. The number of nitrogens with one attached hydrogen (secondary N) is 1. The molecule has 0 aromatic carbocycles. The van der Waals surface area contributed by atoms with Gasteiger partial charge in [0.25, 0.3) is 10.0 Å². The lowest BCUT2D eigenvalue weighted by Crippen LogP contribution is -2.34. The Labute approximate surface area is 119 Å². The molecular formula is C12H21N3O4S. The summed E-state index contributed by atoms with van der Waals surface area (Å²) in [7, 11) is -3.61. The van der Waals surface area contributed by atoms with Gasteiger partial charge in [0.1, 0.15) is 5.82 Å². The van der Waals surface area contributed by atoms with Gasteiger partial charge in [0.05, 0.1) is 12.7 Å². The molecule has 1 N–H and O–H groups in total. The third kappa shape index (κ3) is 3.38. The van der Waals surface area contributed by atoms with Crippen molar-refractivity contribution >= 4 is 10.0 Å². The van der Waals surface area contributed by atoms with Gasteiger partial charge in [-0.15, -0.1) is 0 Å². The van der Waals surface area contributed by atoms with Crippen LogP contribution in [0.4, 0.5) is 0 Å². The topological polar surface area (TPSA) is 82.5 Å². The van der Waals surface area contributed by atoms with Crippen LogP contribution >= 0.6 is 0 Å². The first-order valence-corrected chi connectivity index (χ1v) is 8.07. The number of ether oxygens (including phenoxy) is 2. The standard InChI is InChI=1S/C12H21N3O4S/c1-5-15-7-11(14-9(15)2)20(16,17)13-6-10-8-18-12(3,4)19-10/h7,10,13H,5-6,8H2,1-4H3.